The first-order chi connectivity index (χ1) is 10.7. The Morgan fingerprint density at radius 3 is 1.86 bits per heavy atom. The minimum absolute atomic E-state index is 0.304. The monoisotopic (exact) mass is 293 g/mol. The van der Waals surface area contributed by atoms with Gasteiger partial charge >= 0.3 is 0 Å². The molecule has 0 heterocycles. The number of benzene rings is 3. The normalized spacial score (nSPS) is 12.0. The summed E-state index contributed by atoms with van der Waals surface area (Å²) in [4.78, 5) is 2.08. The number of phenolic OH excluding ortho intramolecular Hbond substituents is 1. The van der Waals surface area contributed by atoms with E-state index in [1.165, 1.54) is 0 Å². The summed E-state index contributed by atoms with van der Waals surface area (Å²) in [7, 11) is 4.03. The number of azo groups is 1. The maximum Gasteiger partial charge on any atom is 0.131 e. The number of aromatic hydroxyl groups is 1. The first-order valence-corrected chi connectivity index (χ1v) is 7.33. The highest BCUT2D eigenvalue weighted by Crippen LogP contribution is 2.41. The molecule has 0 fully saturated rings. The number of phenols is 1. The van der Waals surface area contributed by atoms with Crippen LogP contribution in [0.3, 0.4) is 0 Å². The van der Waals surface area contributed by atoms with Gasteiger partial charge in [-0.2, -0.15) is 10.2 Å². The van der Waals surface area contributed by atoms with Gasteiger partial charge < -0.3 is 10.0 Å². The first-order valence-electron chi connectivity index (χ1n) is 7.33. The van der Waals surface area contributed by atoms with Gasteiger partial charge in [0, 0.05) is 28.1 Å². The van der Waals surface area contributed by atoms with Gasteiger partial charge in [0.1, 0.15) is 11.4 Å². The van der Waals surface area contributed by atoms with Crippen LogP contribution in [-0.4, -0.2) is 37.2 Å². The van der Waals surface area contributed by atoms with Crippen molar-refractivity contribution in [2.75, 3.05) is 27.2 Å². The zero-order chi connectivity index (χ0) is 15.5. The summed E-state index contributed by atoms with van der Waals surface area (Å²) in [6.45, 7) is 1.51. The zero-order valence-electron chi connectivity index (χ0n) is 12.8. The predicted octanol–water partition coefficient (Wildman–Crippen LogP) is 4.34. The average Bonchev–Trinajstić information content (AvgIpc) is 2.54. The second-order valence-electron chi connectivity index (χ2n) is 5.56. The van der Waals surface area contributed by atoms with Gasteiger partial charge in [0.25, 0.3) is 0 Å². The van der Waals surface area contributed by atoms with Crippen molar-refractivity contribution in [3.8, 4) is 5.75 Å². The molecule has 0 atom stereocenters. The van der Waals surface area contributed by atoms with Gasteiger partial charge in [-0.15, -0.1) is 0 Å². The van der Waals surface area contributed by atoms with E-state index in [1.807, 2.05) is 62.6 Å². The fourth-order valence-electron chi connectivity index (χ4n) is 2.56. The molecule has 0 aliphatic heterocycles. The van der Waals surface area contributed by atoms with Crippen LogP contribution in [0.2, 0.25) is 0 Å². The number of fused-ring (bicyclic) bond motifs is 2. The van der Waals surface area contributed by atoms with Crippen molar-refractivity contribution < 1.29 is 5.11 Å². The molecule has 22 heavy (non-hydrogen) atoms. The maximum atomic E-state index is 10.5. The summed E-state index contributed by atoms with van der Waals surface area (Å²) in [5, 5.41) is 22.7. The van der Waals surface area contributed by atoms with Crippen LogP contribution in [0.5, 0.6) is 5.75 Å². The molecule has 0 saturated carbocycles. The van der Waals surface area contributed by atoms with E-state index < -0.39 is 0 Å². The van der Waals surface area contributed by atoms with Crippen molar-refractivity contribution >= 4 is 27.2 Å². The third-order valence-corrected chi connectivity index (χ3v) is 3.69. The van der Waals surface area contributed by atoms with Gasteiger partial charge in [-0.05, 0) is 14.1 Å². The quantitative estimate of drug-likeness (QED) is 0.574. The fraction of sp³-hybridized carbons (Fsp3) is 0.222. The number of hydrogen-bond acceptors (Lipinski definition) is 4. The van der Waals surface area contributed by atoms with E-state index in [9.17, 15) is 5.11 Å². The highest BCUT2D eigenvalue weighted by Gasteiger charge is 2.12. The summed E-state index contributed by atoms with van der Waals surface area (Å²) in [6.07, 6.45) is 0. The number of rotatable bonds is 4. The average molecular weight is 293 g/mol. The fourth-order valence-corrected chi connectivity index (χ4v) is 2.56. The predicted molar refractivity (Wildman–Crippen MR) is 91.1 cm³/mol. The van der Waals surface area contributed by atoms with E-state index in [0.717, 1.165) is 33.8 Å². The van der Waals surface area contributed by atoms with E-state index in [4.69, 9.17) is 0 Å². The lowest BCUT2D eigenvalue weighted by Gasteiger charge is -2.10. The Kier molecular flexibility index (Phi) is 4.02. The van der Waals surface area contributed by atoms with Crippen molar-refractivity contribution in [2.24, 2.45) is 10.2 Å². The molecule has 0 aliphatic rings. The van der Waals surface area contributed by atoms with Crippen molar-refractivity contribution in [2.45, 2.75) is 0 Å². The molecule has 3 rings (SSSR count). The lowest BCUT2D eigenvalue weighted by atomic mass is 10.00. The van der Waals surface area contributed by atoms with Crippen LogP contribution in [0.1, 0.15) is 0 Å². The molecule has 4 nitrogen and oxygen atoms in total. The molecule has 0 spiro atoms. The second kappa shape index (κ2) is 6.12. The van der Waals surface area contributed by atoms with Crippen LogP contribution in [0, 0.1) is 0 Å². The van der Waals surface area contributed by atoms with Gasteiger partial charge in [-0.3, -0.25) is 0 Å². The van der Waals surface area contributed by atoms with E-state index in [0.29, 0.717) is 12.3 Å². The van der Waals surface area contributed by atoms with Crippen molar-refractivity contribution in [3.05, 3.63) is 48.5 Å². The molecule has 0 aliphatic carbocycles. The van der Waals surface area contributed by atoms with Gasteiger partial charge in [0.15, 0.2) is 0 Å². The standard InChI is InChI=1S/C18H19N3O/c1-21(2)12-11-19-20-17-13-7-3-5-9-15(13)18(22)16-10-6-4-8-14(16)17/h3-10,22H,11-12H2,1-2H3. The summed E-state index contributed by atoms with van der Waals surface area (Å²) < 4.78 is 0. The van der Waals surface area contributed by atoms with E-state index in [2.05, 4.69) is 15.1 Å². The minimum Gasteiger partial charge on any atom is -0.507 e. The highest BCUT2D eigenvalue weighted by molar-refractivity contribution is 6.14. The SMILES string of the molecule is CN(C)CCN=Nc1c2ccccc2c(O)c2ccccc12. The molecule has 0 radical (unpaired) electrons. The molecule has 0 bridgehead atoms. The van der Waals surface area contributed by atoms with Crippen molar-refractivity contribution in [3.63, 3.8) is 0 Å². The Balaban J connectivity index is 2.18. The molecule has 0 amide bonds. The molecule has 0 unspecified atom stereocenters. The molecule has 112 valence electrons. The van der Waals surface area contributed by atoms with Crippen molar-refractivity contribution in [1.29, 1.82) is 0 Å². The van der Waals surface area contributed by atoms with E-state index >= 15 is 0 Å². The van der Waals surface area contributed by atoms with E-state index in [1.54, 1.807) is 0 Å². The smallest absolute Gasteiger partial charge is 0.131 e. The Labute approximate surface area is 129 Å². The van der Waals surface area contributed by atoms with Crippen LogP contribution in [0.15, 0.2) is 58.8 Å². The third-order valence-electron chi connectivity index (χ3n) is 3.69. The molecular formula is C18H19N3O. The molecular weight excluding hydrogens is 274 g/mol. The Bertz CT molecular complexity index is 783. The minimum atomic E-state index is 0.304. The summed E-state index contributed by atoms with van der Waals surface area (Å²) >= 11 is 0. The highest BCUT2D eigenvalue weighted by atomic mass is 16.3. The van der Waals surface area contributed by atoms with Crippen molar-refractivity contribution in [1.82, 2.24) is 4.90 Å². The van der Waals surface area contributed by atoms with Crippen LogP contribution in [0.4, 0.5) is 5.69 Å². The first kappa shape index (κ1) is 14.5. The molecule has 1 N–H and O–H groups in total. The molecule has 0 saturated heterocycles. The zero-order valence-corrected chi connectivity index (χ0v) is 12.8. The van der Waals surface area contributed by atoms with Gasteiger partial charge in [0.2, 0.25) is 0 Å². The lowest BCUT2D eigenvalue weighted by molar-refractivity contribution is 0.418. The van der Waals surface area contributed by atoms with Crippen LogP contribution in [-0.2, 0) is 0 Å². The van der Waals surface area contributed by atoms with Gasteiger partial charge in [-0.1, -0.05) is 48.5 Å². The van der Waals surface area contributed by atoms with E-state index in [-0.39, 0.29) is 0 Å². The molecule has 0 aromatic heterocycles. The number of nitrogens with zero attached hydrogens (tertiary/aromatic N) is 3. The maximum absolute atomic E-state index is 10.5. The largest absolute Gasteiger partial charge is 0.507 e. The van der Waals surface area contributed by atoms with Gasteiger partial charge in [0.05, 0.1) is 6.54 Å². The summed E-state index contributed by atoms with van der Waals surface area (Å²) in [5.41, 5.74) is 0.822. The Hall–Kier alpha value is -2.46. The summed E-state index contributed by atoms with van der Waals surface area (Å²) in [6, 6.07) is 15.5. The van der Waals surface area contributed by atoms with Crippen LogP contribution < -0.4 is 0 Å². The van der Waals surface area contributed by atoms with Crippen LogP contribution in [0.25, 0.3) is 21.5 Å². The summed E-state index contributed by atoms with van der Waals surface area (Å²) in [5.74, 6) is 0.304. The third kappa shape index (κ3) is 2.65. The number of likely N-dealkylation sites (N-methyl/N-ethyl adjacent to an activating group) is 1. The molecule has 3 aromatic carbocycles. The Morgan fingerprint density at radius 1 is 0.864 bits per heavy atom. The lowest BCUT2D eigenvalue weighted by Crippen LogP contribution is -2.14. The number of hydrogen-bond donors (Lipinski definition) is 1. The second-order valence-corrected chi connectivity index (χ2v) is 5.56. The molecule has 4 heteroatoms. The Morgan fingerprint density at radius 2 is 1.36 bits per heavy atom. The molecule has 3 aromatic rings. The van der Waals surface area contributed by atoms with Crippen LogP contribution >= 0.6 is 0 Å². The topological polar surface area (TPSA) is 48.2 Å². The van der Waals surface area contributed by atoms with Gasteiger partial charge in [-0.25, -0.2) is 0 Å².